The average Bonchev–Trinajstić information content (AvgIpc) is 2.90. The SMILES string of the molecule is CCN(Cc1ccc(CCN(C)C(C)C)cc1)c1cc(OC)ccc1[C@@H]1CCc2cc(O)ccc2C1. The number of benzene rings is 3. The molecule has 0 aliphatic heterocycles. The Morgan fingerprint density at radius 3 is 2.42 bits per heavy atom. The second-order valence-electron chi connectivity index (χ2n) is 10.5. The van der Waals surface area contributed by atoms with E-state index in [1.807, 2.05) is 12.1 Å². The van der Waals surface area contributed by atoms with Gasteiger partial charge in [0.25, 0.3) is 0 Å². The Morgan fingerprint density at radius 2 is 1.72 bits per heavy atom. The van der Waals surface area contributed by atoms with Gasteiger partial charge in [-0.1, -0.05) is 36.4 Å². The molecule has 0 unspecified atom stereocenters. The molecule has 4 nitrogen and oxygen atoms in total. The van der Waals surface area contributed by atoms with Crippen molar-refractivity contribution < 1.29 is 9.84 Å². The summed E-state index contributed by atoms with van der Waals surface area (Å²) < 4.78 is 5.63. The molecule has 1 atom stereocenters. The molecule has 1 aliphatic carbocycles. The molecular formula is C32H42N2O2. The van der Waals surface area contributed by atoms with E-state index in [4.69, 9.17) is 4.74 Å². The minimum atomic E-state index is 0.368. The summed E-state index contributed by atoms with van der Waals surface area (Å²) in [5.41, 5.74) is 8.02. The Bertz CT molecular complexity index is 1140. The van der Waals surface area contributed by atoms with Crippen molar-refractivity contribution in [1.29, 1.82) is 0 Å². The highest BCUT2D eigenvalue weighted by molar-refractivity contribution is 5.60. The van der Waals surface area contributed by atoms with Crippen LogP contribution in [0.4, 0.5) is 5.69 Å². The molecule has 3 aromatic rings. The van der Waals surface area contributed by atoms with Crippen molar-refractivity contribution in [2.24, 2.45) is 0 Å². The molecule has 192 valence electrons. The Balaban J connectivity index is 1.53. The number of hydrogen-bond acceptors (Lipinski definition) is 4. The molecule has 1 aliphatic rings. The van der Waals surface area contributed by atoms with Crippen LogP contribution in [0.15, 0.2) is 60.7 Å². The number of phenols is 1. The van der Waals surface area contributed by atoms with Crippen LogP contribution in [0.25, 0.3) is 0 Å². The molecule has 0 radical (unpaired) electrons. The zero-order chi connectivity index (χ0) is 25.7. The van der Waals surface area contributed by atoms with Gasteiger partial charge in [-0.15, -0.1) is 0 Å². The summed E-state index contributed by atoms with van der Waals surface area (Å²) in [5.74, 6) is 1.72. The summed E-state index contributed by atoms with van der Waals surface area (Å²) >= 11 is 0. The van der Waals surface area contributed by atoms with Crippen molar-refractivity contribution in [1.82, 2.24) is 4.90 Å². The second-order valence-corrected chi connectivity index (χ2v) is 10.5. The third-order valence-corrected chi connectivity index (χ3v) is 7.85. The van der Waals surface area contributed by atoms with E-state index in [9.17, 15) is 5.11 Å². The van der Waals surface area contributed by atoms with Gasteiger partial charge in [-0.3, -0.25) is 0 Å². The van der Waals surface area contributed by atoms with E-state index in [-0.39, 0.29) is 0 Å². The number of rotatable bonds is 10. The van der Waals surface area contributed by atoms with Crippen molar-refractivity contribution in [2.45, 2.75) is 65.0 Å². The number of fused-ring (bicyclic) bond motifs is 1. The van der Waals surface area contributed by atoms with E-state index in [0.717, 1.165) is 51.1 Å². The van der Waals surface area contributed by atoms with Crippen LogP contribution >= 0.6 is 0 Å². The van der Waals surface area contributed by atoms with Gasteiger partial charge in [0.1, 0.15) is 11.5 Å². The first-order valence-corrected chi connectivity index (χ1v) is 13.4. The number of nitrogens with zero attached hydrogens (tertiary/aromatic N) is 2. The molecule has 4 heteroatoms. The summed E-state index contributed by atoms with van der Waals surface area (Å²) in [4.78, 5) is 4.87. The summed E-state index contributed by atoms with van der Waals surface area (Å²) in [5, 5.41) is 9.89. The number of likely N-dealkylation sites (N-methyl/N-ethyl adjacent to an activating group) is 1. The summed E-state index contributed by atoms with van der Waals surface area (Å²) in [7, 11) is 3.94. The first kappa shape index (κ1) is 26.1. The van der Waals surface area contributed by atoms with Crippen LogP contribution in [-0.4, -0.2) is 43.3 Å². The molecule has 0 saturated carbocycles. The topological polar surface area (TPSA) is 35.9 Å². The number of hydrogen-bond donors (Lipinski definition) is 1. The van der Waals surface area contributed by atoms with E-state index in [0.29, 0.717) is 17.7 Å². The van der Waals surface area contributed by atoms with Crippen LogP contribution in [0.2, 0.25) is 0 Å². The molecular weight excluding hydrogens is 444 g/mol. The summed E-state index contributed by atoms with van der Waals surface area (Å²) in [6, 6.07) is 22.1. The quantitative estimate of drug-likeness (QED) is 0.351. The molecule has 0 amide bonds. The highest BCUT2D eigenvalue weighted by atomic mass is 16.5. The maximum atomic E-state index is 9.89. The van der Waals surface area contributed by atoms with Gasteiger partial charge < -0.3 is 19.6 Å². The molecule has 0 saturated heterocycles. The van der Waals surface area contributed by atoms with Crippen LogP contribution in [0.1, 0.15) is 60.9 Å². The van der Waals surface area contributed by atoms with Crippen molar-refractivity contribution in [2.75, 3.05) is 32.1 Å². The summed E-state index contributed by atoms with van der Waals surface area (Å²) in [6.45, 7) is 9.60. The van der Waals surface area contributed by atoms with Crippen molar-refractivity contribution >= 4 is 5.69 Å². The van der Waals surface area contributed by atoms with E-state index in [1.165, 1.54) is 33.5 Å². The van der Waals surface area contributed by atoms with Gasteiger partial charge in [-0.05, 0) is 105 Å². The number of aryl methyl sites for hydroxylation is 1. The van der Waals surface area contributed by atoms with E-state index >= 15 is 0 Å². The van der Waals surface area contributed by atoms with E-state index in [2.05, 4.69) is 86.1 Å². The average molecular weight is 487 g/mol. The molecule has 1 N–H and O–H groups in total. The molecule has 0 bridgehead atoms. The standard InChI is InChI=1S/C32H42N2O2/c1-6-34(22-25-9-7-24(8-10-25)17-18-33(4)23(2)3)32-21-30(36-5)15-16-31(32)28-12-11-27-20-29(35)14-13-26(27)19-28/h7-10,13-16,20-21,23,28,35H,6,11-12,17-19,22H2,1-5H3/t28-/m1/s1. The first-order valence-electron chi connectivity index (χ1n) is 13.4. The smallest absolute Gasteiger partial charge is 0.120 e. The number of phenolic OH excluding ortho intramolecular Hbond substituents is 1. The lowest BCUT2D eigenvalue weighted by Gasteiger charge is -2.32. The molecule has 3 aromatic carbocycles. The summed E-state index contributed by atoms with van der Waals surface area (Å²) in [6.07, 6.45) is 4.17. The van der Waals surface area contributed by atoms with Gasteiger partial charge in [0.05, 0.1) is 7.11 Å². The highest BCUT2D eigenvalue weighted by Gasteiger charge is 2.24. The molecule has 36 heavy (non-hydrogen) atoms. The zero-order valence-electron chi connectivity index (χ0n) is 22.6. The fourth-order valence-corrected chi connectivity index (χ4v) is 5.24. The first-order chi connectivity index (χ1) is 17.4. The molecule has 0 heterocycles. The van der Waals surface area contributed by atoms with Crippen LogP contribution in [-0.2, 0) is 25.8 Å². The Kier molecular flexibility index (Phi) is 8.58. The monoisotopic (exact) mass is 486 g/mol. The normalized spacial score (nSPS) is 15.2. The maximum absolute atomic E-state index is 9.89. The number of anilines is 1. The minimum Gasteiger partial charge on any atom is -0.508 e. The second kappa shape index (κ2) is 11.8. The number of aromatic hydroxyl groups is 1. The molecule has 4 rings (SSSR count). The van der Waals surface area contributed by atoms with Crippen LogP contribution in [0.5, 0.6) is 11.5 Å². The number of ether oxygens (including phenoxy) is 1. The largest absolute Gasteiger partial charge is 0.508 e. The Labute approximate surface area is 217 Å². The van der Waals surface area contributed by atoms with E-state index < -0.39 is 0 Å². The third-order valence-electron chi connectivity index (χ3n) is 7.85. The minimum absolute atomic E-state index is 0.368. The lowest BCUT2D eigenvalue weighted by atomic mass is 9.79. The maximum Gasteiger partial charge on any atom is 0.120 e. The van der Waals surface area contributed by atoms with Gasteiger partial charge in [-0.2, -0.15) is 0 Å². The fourth-order valence-electron chi connectivity index (χ4n) is 5.24. The Hall–Kier alpha value is -2.98. The van der Waals surface area contributed by atoms with Gasteiger partial charge >= 0.3 is 0 Å². The lowest BCUT2D eigenvalue weighted by Crippen LogP contribution is -2.28. The fraction of sp³-hybridized carbons (Fsp3) is 0.438. The van der Waals surface area contributed by atoms with Crippen molar-refractivity contribution in [3.63, 3.8) is 0 Å². The van der Waals surface area contributed by atoms with Crippen molar-refractivity contribution in [3.05, 3.63) is 88.5 Å². The van der Waals surface area contributed by atoms with Gasteiger partial charge in [0, 0.05) is 37.4 Å². The van der Waals surface area contributed by atoms with Gasteiger partial charge in [0.15, 0.2) is 0 Å². The van der Waals surface area contributed by atoms with E-state index in [1.54, 1.807) is 7.11 Å². The molecule has 0 aromatic heterocycles. The highest BCUT2D eigenvalue weighted by Crippen LogP contribution is 2.40. The van der Waals surface area contributed by atoms with Crippen LogP contribution in [0, 0.1) is 0 Å². The van der Waals surface area contributed by atoms with Gasteiger partial charge in [0.2, 0.25) is 0 Å². The van der Waals surface area contributed by atoms with Gasteiger partial charge in [-0.25, -0.2) is 0 Å². The zero-order valence-corrected chi connectivity index (χ0v) is 22.6. The predicted octanol–water partition coefficient (Wildman–Crippen LogP) is 6.58. The van der Waals surface area contributed by atoms with Crippen LogP contribution in [0.3, 0.4) is 0 Å². The molecule has 0 spiro atoms. The predicted molar refractivity (Wildman–Crippen MR) is 151 cm³/mol. The van der Waals surface area contributed by atoms with Crippen LogP contribution < -0.4 is 9.64 Å². The Morgan fingerprint density at radius 1 is 0.972 bits per heavy atom. The van der Waals surface area contributed by atoms with Crippen molar-refractivity contribution in [3.8, 4) is 11.5 Å². The third kappa shape index (κ3) is 6.22. The number of methoxy groups -OCH3 is 1. The molecule has 0 fully saturated rings. The lowest BCUT2D eigenvalue weighted by molar-refractivity contribution is 0.277.